The third kappa shape index (κ3) is 3.08. The van der Waals surface area contributed by atoms with E-state index in [1.165, 1.54) is 9.44 Å². The highest BCUT2D eigenvalue weighted by molar-refractivity contribution is 7.09. The lowest BCUT2D eigenvalue weighted by atomic mass is 10.2. The van der Waals surface area contributed by atoms with Gasteiger partial charge in [-0.25, -0.2) is 9.78 Å². The normalized spacial score (nSPS) is 18.3. The van der Waals surface area contributed by atoms with Crippen LogP contribution in [-0.2, 0) is 11.3 Å². The maximum absolute atomic E-state index is 12.5. The van der Waals surface area contributed by atoms with Gasteiger partial charge in [0.05, 0.1) is 12.6 Å². The lowest BCUT2D eigenvalue weighted by Gasteiger charge is -2.24. The van der Waals surface area contributed by atoms with Gasteiger partial charge in [-0.05, 0) is 24.3 Å². The summed E-state index contributed by atoms with van der Waals surface area (Å²) in [6.45, 7) is 2.06. The Morgan fingerprint density at radius 3 is 3.20 bits per heavy atom. The molecule has 0 saturated carbocycles. The Balaban J connectivity index is 1.73. The maximum Gasteiger partial charge on any atom is 0.329 e. The topological polar surface area (TPSA) is 47.4 Å². The summed E-state index contributed by atoms with van der Waals surface area (Å²) < 4.78 is 7.17. The largest absolute Gasteiger partial charge is 0.376 e. The van der Waals surface area contributed by atoms with Gasteiger partial charge in [0.1, 0.15) is 6.33 Å². The van der Waals surface area contributed by atoms with Gasteiger partial charge in [-0.1, -0.05) is 6.07 Å². The molecule has 0 radical (unpaired) electrons. The van der Waals surface area contributed by atoms with Crippen LogP contribution in [0, 0.1) is 0 Å². The Morgan fingerprint density at radius 2 is 2.55 bits per heavy atom. The lowest BCUT2D eigenvalue weighted by Crippen LogP contribution is -2.38. The average molecular weight is 291 g/mol. The van der Waals surface area contributed by atoms with E-state index in [0.29, 0.717) is 13.1 Å². The molecule has 1 aliphatic rings. The second-order valence-electron chi connectivity index (χ2n) is 4.85. The van der Waals surface area contributed by atoms with Crippen molar-refractivity contribution in [1.82, 2.24) is 14.5 Å². The smallest absolute Gasteiger partial charge is 0.329 e. The first-order valence-electron chi connectivity index (χ1n) is 6.74. The third-order valence-electron chi connectivity index (χ3n) is 3.37. The van der Waals surface area contributed by atoms with Crippen molar-refractivity contribution in [2.45, 2.75) is 25.5 Å². The molecular weight excluding hydrogens is 274 g/mol. The molecule has 1 fully saturated rings. The van der Waals surface area contributed by atoms with Gasteiger partial charge in [-0.3, -0.25) is 4.57 Å². The number of carbonyl (C=O) groups is 1. The second-order valence-corrected chi connectivity index (χ2v) is 5.88. The van der Waals surface area contributed by atoms with Crippen molar-refractivity contribution in [2.24, 2.45) is 0 Å². The number of hydrogen-bond donors (Lipinski definition) is 0. The molecule has 3 rings (SSSR count). The second kappa shape index (κ2) is 6.19. The molecule has 0 aliphatic carbocycles. The van der Waals surface area contributed by atoms with Gasteiger partial charge in [-0.15, -0.1) is 11.3 Å². The fraction of sp³-hybridized carbons (Fsp3) is 0.429. The standard InChI is InChI=1S/C14H17N3O2S/c18-14(16-6-5-15-11-16)17(9-12-3-1-7-19-12)10-13-4-2-8-20-13/h2,4-6,8,11-12H,1,3,7,9-10H2. The van der Waals surface area contributed by atoms with E-state index in [-0.39, 0.29) is 12.1 Å². The summed E-state index contributed by atoms with van der Waals surface area (Å²) in [6.07, 6.45) is 7.10. The van der Waals surface area contributed by atoms with E-state index in [9.17, 15) is 4.79 Å². The van der Waals surface area contributed by atoms with E-state index in [4.69, 9.17) is 4.74 Å². The van der Waals surface area contributed by atoms with Crippen LogP contribution in [0.5, 0.6) is 0 Å². The van der Waals surface area contributed by atoms with Crippen LogP contribution >= 0.6 is 11.3 Å². The van der Waals surface area contributed by atoms with Crippen molar-refractivity contribution in [3.63, 3.8) is 0 Å². The van der Waals surface area contributed by atoms with Crippen LogP contribution in [0.1, 0.15) is 17.7 Å². The fourth-order valence-electron chi connectivity index (χ4n) is 2.37. The number of ether oxygens (including phenoxy) is 1. The van der Waals surface area contributed by atoms with Gasteiger partial charge in [0.2, 0.25) is 0 Å². The Morgan fingerprint density at radius 1 is 1.60 bits per heavy atom. The van der Waals surface area contributed by atoms with E-state index in [2.05, 4.69) is 4.98 Å². The highest BCUT2D eigenvalue weighted by Gasteiger charge is 2.23. The van der Waals surface area contributed by atoms with Crippen molar-refractivity contribution < 1.29 is 9.53 Å². The van der Waals surface area contributed by atoms with Crippen molar-refractivity contribution in [1.29, 1.82) is 0 Å². The molecule has 20 heavy (non-hydrogen) atoms. The van der Waals surface area contributed by atoms with E-state index in [1.54, 1.807) is 30.1 Å². The van der Waals surface area contributed by atoms with Crippen molar-refractivity contribution in [2.75, 3.05) is 13.2 Å². The van der Waals surface area contributed by atoms with Gasteiger partial charge in [-0.2, -0.15) is 0 Å². The van der Waals surface area contributed by atoms with E-state index in [1.807, 2.05) is 22.4 Å². The molecule has 106 valence electrons. The van der Waals surface area contributed by atoms with Gasteiger partial charge >= 0.3 is 6.03 Å². The Hall–Kier alpha value is -1.66. The summed E-state index contributed by atoms with van der Waals surface area (Å²) in [5.41, 5.74) is 0. The van der Waals surface area contributed by atoms with Crippen LogP contribution in [-0.4, -0.2) is 39.7 Å². The first kappa shape index (κ1) is 13.3. The maximum atomic E-state index is 12.5. The monoisotopic (exact) mass is 291 g/mol. The third-order valence-corrected chi connectivity index (χ3v) is 4.23. The van der Waals surface area contributed by atoms with Crippen LogP contribution in [0.25, 0.3) is 0 Å². The first-order chi connectivity index (χ1) is 9.83. The first-order valence-corrected chi connectivity index (χ1v) is 7.62. The van der Waals surface area contributed by atoms with E-state index in [0.717, 1.165) is 19.4 Å². The van der Waals surface area contributed by atoms with Crippen LogP contribution in [0.2, 0.25) is 0 Å². The average Bonchev–Trinajstić information content (AvgIpc) is 3.20. The van der Waals surface area contributed by atoms with E-state index < -0.39 is 0 Å². The van der Waals surface area contributed by atoms with Gasteiger partial charge in [0.15, 0.2) is 0 Å². The van der Waals surface area contributed by atoms with Gasteiger partial charge < -0.3 is 9.64 Å². The molecule has 0 spiro atoms. The molecular formula is C14H17N3O2S. The Bertz CT molecular complexity index is 533. The van der Waals surface area contributed by atoms with Crippen LogP contribution in [0.3, 0.4) is 0 Å². The Kier molecular flexibility index (Phi) is 4.13. The van der Waals surface area contributed by atoms with Crippen LogP contribution in [0.15, 0.2) is 36.2 Å². The van der Waals surface area contributed by atoms with Crippen LogP contribution < -0.4 is 0 Å². The predicted molar refractivity (Wildman–Crippen MR) is 76.7 cm³/mol. The highest BCUT2D eigenvalue weighted by atomic mass is 32.1. The fourth-order valence-corrected chi connectivity index (χ4v) is 3.09. The minimum absolute atomic E-state index is 0.0496. The summed E-state index contributed by atoms with van der Waals surface area (Å²) in [6, 6.07) is 4.01. The molecule has 0 aromatic carbocycles. The molecule has 0 N–H and O–H groups in total. The van der Waals surface area contributed by atoms with Gasteiger partial charge in [0, 0.05) is 30.4 Å². The number of imidazole rings is 1. The molecule has 6 heteroatoms. The summed E-state index contributed by atoms with van der Waals surface area (Å²) in [4.78, 5) is 19.5. The minimum atomic E-state index is -0.0496. The SMILES string of the molecule is O=C(N(Cc1cccs1)CC1CCCO1)n1ccnc1. The number of carbonyl (C=O) groups excluding carboxylic acids is 1. The molecule has 2 aromatic heterocycles. The van der Waals surface area contributed by atoms with Crippen molar-refractivity contribution in [3.8, 4) is 0 Å². The molecule has 0 bridgehead atoms. The van der Waals surface area contributed by atoms with Gasteiger partial charge in [0.25, 0.3) is 0 Å². The van der Waals surface area contributed by atoms with Crippen molar-refractivity contribution in [3.05, 3.63) is 41.1 Å². The highest BCUT2D eigenvalue weighted by Crippen LogP contribution is 2.18. The molecule has 1 unspecified atom stereocenters. The number of rotatable bonds is 4. The summed E-state index contributed by atoms with van der Waals surface area (Å²) in [5.74, 6) is 0. The molecule has 2 aromatic rings. The Labute approximate surface area is 121 Å². The van der Waals surface area contributed by atoms with Crippen molar-refractivity contribution >= 4 is 17.4 Å². The minimum Gasteiger partial charge on any atom is -0.376 e. The molecule has 3 heterocycles. The quantitative estimate of drug-likeness (QED) is 0.870. The number of nitrogens with zero attached hydrogens (tertiary/aromatic N) is 3. The van der Waals surface area contributed by atoms with Crippen LogP contribution in [0.4, 0.5) is 4.79 Å². The lowest BCUT2D eigenvalue weighted by molar-refractivity contribution is 0.0800. The summed E-state index contributed by atoms with van der Waals surface area (Å²) in [7, 11) is 0. The number of thiophene rings is 1. The predicted octanol–water partition coefficient (Wildman–Crippen LogP) is 2.59. The van der Waals surface area contributed by atoms with E-state index >= 15 is 0 Å². The number of amides is 1. The summed E-state index contributed by atoms with van der Waals surface area (Å²) in [5, 5.41) is 2.03. The summed E-state index contributed by atoms with van der Waals surface area (Å²) >= 11 is 1.66. The molecule has 1 amide bonds. The zero-order valence-corrected chi connectivity index (χ0v) is 12.0. The molecule has 1 saturated heterocycles. The number of hydrogen-bond acceptors (Lipinski definition) is 4. The molecule has 5 nitrogen and oxygen atoms in total. The molecule has 1 atom stereocenters. The molecule has 1 aliphatic heterocycles. The number of aromatic nitrogens is 2. The zero-order valence-electron chi connectivity index (χ0n) is 11.1. The zero-order chi connectivity index (χ0) is 13.8.